The number of amides is 2. The standard InChI is InChI=1S/C25H32ClN3O5S/c1-18(25(31)27-21-8-4-5-9-21)28(16-19-7-6-10-23(15-19)34-2)24(30)17-29(35(3,32)33)22-13-11-20(26)12-14-22/h6-7,10-15,18,21H,4-5,8-9,16-17H2,1-3H3,(H,27,31). The highest BCUT2D eigenvalue weighted by molar-refractivity contribution is 7.92. The molecule has 10 heteroatoms. The molecular weight excluding hydrogens is 490 g/mol. The third-order valence-electron chi connectivity index (χ3n) is 6.15. The van der Waals surface area contributed by atoms with Crippen LogP contribution < -0.4 is 14.4 Å². The van der Waals surface area contributed by atoms with Gasteiger partial charge < -0.3 is 15.0 Å². The van der Waals surface area contributed by atoms with Gasteiger partial charge in [0.1, 0.15) is 18.3 Å². The van der Waals surface area contributed by atoms with Gasteiger partial charge in [-0.1, -0.05) is 36.6 Å². The first kappa shape index (κ1) is 26.8. The molecule has 1 atom stereocenters. The van der Waals surface area contributed by atoms with Crippen LogP contribution >= 0.6 is 11.6 Å². The van der Waals surface area contributed by atoms with Crippen molar-refractivity contribution in [2.75, 3.05) is 24.2 Å². The van der Waals surface area contributed by atoms with Crippen LogP contribution in [0.5, 0.6) is 5.75 Å². The minimum Gasteiger partial charge on any atom is -0.497 e. The van der Waals surface area contributed by atoms with Crippen LogP contribution in [0, 0.1) is 0 Å². The van der Waals surface area contributed by atoms with E-state index in [1.165, 1.54) is 4.90 Å². The summed E-state index contributed by atoms with van der Waals surface area (Å²) in [6.45, 7) is 1.33. The molecule has 0 bridgehead atoms. The zero-order valence-corrected chi connectivity index (χ0v) is 21.8. The Balaban J connectivity index is 1.88. The van der Waals surface area contributed by atoms with E-state index in [4.69, 9.17) is 16.3 Å². The van der Waals surface area contributed by atoms with Gasteiger partial charge >= 0.3 is 0 Å². The van der Waals surface area contributed by atoms with Crippen LogP contribution in [-0.4, -0.2) is 57.1 Å². The van der Waals surface area contributed by atoms with E-state index < -0.39 is 28.5 Å². The lowest BCUT2D eigenvalue weighted by molar-refractivity contribution is -0.139. The second-order valence-electron chi connectivity index (χ2n) is 8.79. The van der Waals surface area contributed by atoms with Crippen LogP contribution in [0.4, 0.5) is 5.69 Å². The third-order valence-corrected chi connectivity index (χ3v) is 7.54. The van der Waals surface area contributed by atoms with Gasteiger partial charge in [0.25, 0.3) is 0 Å². The van der Waals surface area contributed by atoms with Crippen molar-refractivity contribution in [1.82, 2.24) is 10.2 Å². The number of ether oxygens (including phenoxy) is 1. The van der Waals surface area contributed by atoms with E-state index in [0.717, 1.165) is 41.8 Å². The quantitative estimate of drug-likeness (QED) is 0.515. The first-order valence-electron chi connectivity index (χ1n) is 11.5. The molecule has 1 N–H and O–H groups in total. The van der Waals surface area contributed by atoms with Gasteiger partial charge in [-0.2, -0.15) is 0 Å². The van der Waals surface area contributed by atoms with Crippen molar-refractivity contribution in [3.8, 4) is 5.75 Å². The number of nitrogens with zero attached hydrogens (tertiary/aromatic N) is 2. The van der Waals surface area contributed by atoms with Crippen LogP contribution in [0.2, 0.25) is 5.02 Å². The van der Waals surface area contributed by atoms with Gasteiger partial charge in [-0.05, 0) is 61.7 Å². The van der Waals surface area contributed by atoms with Crippen LogP contribution in [0.25, 0.3) is 0 Å². The third kappa shape index (κ3) is 7.35. The first-order valence-corrected chi connectivity index (χ1v) is 13.8. The zero-order valence-electron chi connectivity index (χ0n) is 20.2. The summed E-state index contributed by atoms with van der Waals surface area (Å²) >= 11 is 5.95. The Labute approximate surface area is 212 Å². The van der Waals surface area contributed by atoms with Gasteiger partial charge in [0.05, 0.1) is 19.1 Å². The highest BCUT2D eigenvalue weighted by atomic mass is 35.5. The number of halogens is 1. The maximum absolute atomic E-state index is 13.6. The summed E-state index contributed by atoms with van der Waals surface area (Å²) < 4.78 is 31.5. The van der Waals surface area contributed by atoms with Gasteiger partial charge in [0.15, 0.2) is 0 Å². The molecule has 0 saturated heterocycles. The predicted molar refractivity (Wildman–Crippen MR) is 137 cm³/mol. The molecule has 0 spiro atoms. The molecule has 2 aromatic rings. The molecule has 0 aliphatic heterocycles. The maximum atomic E-state index is 13.6. The van der Waals surface area contributed by atoms with Crippen molar-refractivity contribution < 1.29 is 22.7 Å². The lowest BCUT2D eigenvalue weighted by Gasteiger charge is -2.32. The topological polar surface area (TPSA) is 96.0 Å². The predicted octanol–water partition coefficient (Wildman–Crippen LogP) is 3.59. The normalized spacial score (nSPS) is 14.9. The SMILES string of the molecule is COc1cccc(CN(C(=O)CN(c2ccc(Cl)cc2)S(C)(=O)=O)C(C)C(=O)NC2CCCC2)c1. The van der Waals surface area contributed by atoms with Gasteiger partial charge in [0, 0.05) is 17.6 Å². The Morgan fingerprint density at radius 3 is 2.40 bits per heavy atom. The molecule has 190 valence electrons. The molecule has 1 unspecified atom stereocenters. The average Bonchev–Trinajstić information content (AvgIpc) is 3.33. The van der Waals surface area contributed by atoms with E-state index in [-0.39, 0.29) is 18.5 Å². The first-order chi connectivity index (χ1) is 16.6. The van der Waals surface area contributed by atoms with Crippen molar-refractivity contribution in [2.45, 2.75) is 51.2 Å². The van der Waals surface area contributed by atoms with E-state index in [0.29, 0.717) is 16.5 Å². The fourth-order valence-corrected chi connectivity index (χ4v) is 5.14. The molecule has 1 aliphatic rings. The summed E-state index contributed by atoms with van der Waals surface area (Å²) in [6.07, 6.45) is 5.01. The Bertz CT molecular complexity index is 1130. The maximum Gasteiger partial charge on any atom is 0.244 e. The number of methoxy groups -OCH3 is 1. The minimum atomic E-state index is -3.79. The summed E-state index contributed by atoms with van der Waals surface area (Å²) in [5, 5.41) is 3.49. The van der Waals surface area contributed by atoms with Crippen LogP contribution in [0.15, 0.2) is 48.5 Å². The van der Waals surface area contributed by atoms with E-state index in [9.17, 15) is 18.0 Å². The number of rotatable bonds is 10. The fraction of sp³-hybridized carbons (Fsp3) is 0.440. The highest BCUT2D eigenvalue weighted by Crippen LogP contribution is 2.23. The molecule has 3 rings (SSSR count). The molecule has 1 fully saturated rings. The monoisotopic (exact) mass is 521 g/mol. The minimum absolute atomic E-state index is 0.0975. The molecule has 8 nitrogen and oxygen atoms in total. The number of carbonyl (C=O) groups excluding carboxylic acids is 2. The molecule has 0 aromatic heterocycles. The largest absolute Gasteiger partial charge is 0.497 e. The lowest BCUT2D eigenvalue weighted by Crippen LogP contribution is -2.52. The van der Waals surface area contributed by atoms with Crippen molar-refractivity contribution in [3.05, 3.63) is 59.1 Å². The van der Waals surface area contributed by atoms with Gasteiger partial charge in [-0.3, -0.25) is 13.9 Å². The van der Waals surface area contributed by atoms with Crippen molar-refractivity contribution in [3.63, 3.8) is 0 Å². The van der Waals surface area contributed by atoms with Crippen LogP contribution in [0.3, 0.4) is 0 Å². The summed E-state index contributed by atoms with van der Waals surface area (Å²) in [5.41, 5.74) is 1.07. The second kappa shape index (κ2) is 11.8. The number of anilines is 1. The summed E-state index contributed by atoms with van der Waals surface area (Å²) in [4.78, 5) is 28.0. The number of carbonyl (C=O) groups is 2. The smallest absolute Gasteiger partial charge is 0.244 e. The van der Waals surface area contributed by atoms with Crippen molar-refractivity contribution in [1.29, 1.82) is 0 Å². The second-order valence-corrected chi connectivity index (χ2v) is 11.1. The van der Waals surface area contributed by atoms with Crippen LogP contribution in [0.1, 0.15) is 38.2 Å². The van der Waals surface area contributed by atoms with Gasteiger partial charge in [-0.25, -0.2) is 8.42 Å². The van der Waals surface area contributed by atoms with Crippen LogP contribution in [-0.2, 0) is 26.2 Å². The average molecular weight is 522 g/mol. The summed E-state index contributed by atoms with van der Waals surface area (Å²) in [5.74, 6) is -0.135. The summed E-state index contributed by atoms with van der Waals surface area (Å²) in [6, 6.07) is 12.7. The number of sulfonamides is 1. The number of benzene rings is 2. The fourth-order valence-electron chi connectivity index (χ4n) is 4.16. The van der Waals surface area contributed by atoms with E-state index in [1.54, 1.807) is 56.5 Å². The number of nitrogens with one attached hydrogen (secondary N) is 1. The molecule has 0 heterocycles. The Hall–Kier alpha value is -2.78. The summed E-state index contributed by atoms with van der Waals surface area (Å²) in [7, 11) is -2.23. The molecule has 35 heavy (non-hydrogen) atoms. The van der Waals surface area contributed by atoms with Gasteiger partial charge in [0.2, 0.25) is 21.8 Å². The van der Waals surface area contributed by atoms with Gasteiger partial charge in [-0.15, -0.1) is 0 Å². The molecule has 0 radical (unpaired) electrons. The zero-order chi connectivity index (χ0) is 25.6. The molecule has 2 aromatic carbocycles. The van der Waals surface area contributed by atoms with E-state index in [1.807, 2.05) is 6.07 Å². The van der Waals surface area contributed by atoms with Crippen molar-refractivity contribution in [2.24, 2.45) is 0 Å². The Morgan fingerprint density at radius 2 is 1.80 bits per heavy atom. The number of hydrogen-bond donors (Lipinski definition) is 1. The van der Waals surface area contributed by atoms with E-state index in [2.05, 4.69) is 5.32 Å². The molecule has 1 aliphatic carbocycles. The Kier molecular flexibility index (Phi) is 9.02. The Morgan fingerprint density at radius 1 is 1.14 bits per heavy atom. The number of hydrogen-bond acceptors (Lipinski definition) is 5. The molecule has 1 saturated carbocycles. The van der Waals surface area contributed by atoms with E-state index >= 15 is 0 Å². The lowest BCUT2D eigenvalue weighted by atomic mass is 10.1. The molecule has 2 amide bonds. The highest BCUT2D eigenvalue weighted by Gasteiger charge is 2.31. The van der Waals surface area contributed by atoms with Crippen molar-refractivity contribution >= 4 is 39.1 Å². The molecular formula is C25H32ClN3O5S.